The second-order valence-electron chi connectivity index (χ2n) is 3.70. The number of halogens is 1. The van der Waals surface area contributed by atoms with Crippen molar-refractivity contribution in [3.05, 3.63) is 29.8 Å². The Labute approximate surface area is 112 Å². The standard InChI is InChI=1S/C12H16ClNO3S/c1-2-18(16,17)11-7-4-3-6-10(11)12(15)14-9-5-8-13/h3-4,6-7H,2,5,8-9H2,1H3,(H,14,15). The van der Waals surface area contributed by atoms with E-state index >= 15 is 0 Å². The van der Waals surface area contributed by atoms with Gasteiger partial charge in [-0.2, -0.15) is 0 Å². The van der Waals surface area contributed by atoms with Gasteiger partial charge in [0, 0.05) is 12.4 Å². The Morgan fingerprint density at radius 1 is 1.33 bits per heavy atom. The van der Waals surface area contributed by atoms with Gasteiger partial charge in [-0.1, -0.05) is 19.1 Å². The number of hydrogen-bond donors (Lipinski definition) is 1. The number of alkyl halides is 1. The summed E-state index contributed by atoms with van der Waals surface area (Å²) >= 11 is 5.51. The van der Waals surface area contributed by atoms with Gasteiger partial charge in [-0.25, -0.2) is 8.42 Å². The summed E-state index contributed by atoms with van der Waals surface area (Å²) in [6, 6.07) is 6.22. The average molecular weight is 290 g/mol. The quantitative estimate of drug-likeness (QED) is 0.642. The summed E-state index contributed by atoms with van der Waals surface area (Å²) < 4.78 is 23.7. The van der Waals surface area contributed by atoms with Gasteiger partial charge in [0.1, 0.15) is 0 Å². The van der Waals surface area contributed by atoms with Crippen LogP contribution in [-0.4, -0.2) is 32.5 Å². The SMILES string of the molecule is CCS(=O)(=O)c1ccccc1C(=O)NCCCCl. The fourth-order valence-electron chi connectivity index (χ4n) is 1.44. The Bertz CT molecular complexity index is 514. The van der Waals surface area contributed by atoms with Crippen LogP contribution >= 0.6 is 11.6 Å². The number of hydrogen-bond acceptors (Lipinski definition) is 3. The molecule has 0 saturated heterocycles. The molecule has 0 aliphatic rings. The van der Waals surface area contributed by atoms with Crippen molar-refractivity contribution in [1.29, 1.82) is 0 Å². The van der Waals surface area contributed by atoms with E-state index < -0.39 is 9.84 Å². The zero-order chi connectivity index (χ0) is 13.6. The van der Waals surface area contributed by atoms with Crippen LogP contribution < -0.4 is 5.32 Å². The molecule has 18 heavy (non-hydrogen) atoms. The number of nitrogens with one attached hydrogen (secondary N) is 1. The number of sulfone groups is 1. The predicted octanol–water partition coefficient (Wildman–Crippen LogP) is 1.84. The van der Waals surface area contributed by atoms with E-state index in [4.69, 9.17) is 11.6 Å². The van der Waals surface area contributed by atoms with Crippen LogP contribution in [0.15, 0.2) is 29.2 Å². The first kappa shape index (κ1) is 15.0. The first-order valence-corrected chi connectivity index (χ1v) is 7.87. The topological polar surface area (TPSA) is 63.2 Å². The smallest absolute Gasteiger partial charge is 0.252 e. The molecule has 0 unspecified atom stereocenters. The Balaban J connectivity index is 2.99. The molecule has 0 heterocycles. The minimum absolute atomic E-state index is 0.0288. The third-order valence-corrected chi connectivity index (χ3v) is 4.50. The molecule has 100 valence electrons. The molecule has 0 aliphatic heterocycles. The van der Waals surface area contributed by atoms with Gasteiger partial charge in [0.15, 0.2) is 9.84 Å². The summed E-state index contributed by atoms with van der Waals surface area (Å²) in [4.78, 5) is 12.0. The molecule has 0 bridgehead atoms. The molecule has 0 radical (unpaired) electrons. The molecule has 1 aromatic rings. The van der Waals surface area contributed by atoms with Gasteiger partial charge in [-0.15, -0.1) is 11.6 Å². The van der Waals surface area contributed by atoms with Crippen LogP contribution in [-0.2, 0) is 9.84 Å². The third kappa shape index (κ3) is 3.71. The number of amides is 1. The third-order valence-electron chi connectivity index (χ3n) is 2.44. The highest BCUT2D eigenvalue weighted by Gasteiger charge is 2.19. The van der Waals surface area contributed by atoms with Gasteiger partial charge < -0.3 is 5.32 Å². The molecule has 0 atom stereocenters. The summed E-state index contributed by atoms with van der Waals surface area (Å²) in [5.74, 6) is 0.0430. The summed E-state index contributed by atoms with van der Waals surface area (Å²) in [5, 5.41) is 2.65. The molecule has 1 amide bonds. The van der Waals surface area contributed by atoms with Crippen molar-refractivity contribution in [2.24, 2.45) is 0 Å². The molecule has 0 fully saturated rings. The van der Waals surface area contributed by atoms with E-state index in [0.717, 1.165) is 0 Å². The van der Waals surface area contributed by atoms with Crippen LogP contribution in [0.1, 0.15) is 23.7 Å². The van der Waals surface area contributed by atoms with Crippen molar-refractivity contribution in [3.8, 4) is 0 Å². The predicted molar refractivity (Wildman–Crippen MR) is 71.8 cm³/mol. The van der Waals surface area contributed by atoms with Crippen LogP contribution in [0.4, 0.5) is 0 Å². The maximum absolute atomic E-state index is 11.9. The molecule has 1 N–H and O–H groups in total. The summed E-state index contributed by atoms with van der Waals surface area (Å²) in [6.07, 6.45) is 0.649. The molecule has 1 rings (SSSR count). The second-order valence-corrected chi connectivity index (χ2v) is 6.32. The molecule has 0 aromatic heterocycles. The molecule has 6 heteroatoms. The number of carbonyl (C=O) groups excluding carboxylic acids is 1. The van der Waals surface area contributed by atoms with Crippen LogP contribution in [0.25, 0.3) is 0 Å². The van der Waals surface area contributed by atoms with Crippen molar-refractivity contribution in [1.82, 2.24) is 5.32 Å². The second kappa shape index (κ2) is 6.75. The summed E-state index contributed by atoms with van der Waals surface area (Å²) in [5.41, 5.74) is 0.189. The number of carbonyl (C=O) groups is 1. The number of benzene rings is 1. The minimum Gasteiger partial charge on any atom is -0.352 e. The number of rotatable bonds is 6. The maximum Gasteiger partial charge on any atom is 0.252 e. The summed E-state index contributed by atoms with van der Waals surface area (Å²) in [6.45, 7) is 1.99. The first-order valence-electron chi connectivity index (χ1n) is 5.69. The first-order chi connectivity index (χ1) is 8.53. The van der Waals surface area contributed by atoms with Gasteiger partial charge in [0.25, 0.3) is 5.91 Å². The van der Waals surface area contributed by atoms with Crippen molar-refractivity contribution in [2.45, 2.75) is 18.2 Å². The lowest BCUT2D eigenvalue weighted by molar-refractivity contribution is 0.0950. The van der Waals surface area contributed by atoms with E-state index in [-0.39, 0.29) is 22.1 Å². The highest BCUT2D eigenvalue weighted by molar-refractivity contribution is 7.91. The van der Waals surface area contributed by atoms with Gasteiger partial charge in [-0.3, -0.25) is 4.79 Å². The zero-order valence-electron chi connectivity index (χ0n) is 10.1. The molecular weight excluding hydrogens is 274 g/mol. The van der Waals surface area contributed by atoms with Crippen LogP contribution in [0.5, 0.6) is 0 Å². The lowest BCUT2D eigenvalue weighted by atomic mass is 10.2. The zero-order valence-corrected chi connectivity index (χ0v) is 11.7. The maximum atomic E-state index is 11.9. The summed E-state index contributed by atoms with van der Waals surface area (Å²) in [7, 11) is -3.39. The van der Waals surface area contributed by atoms with Crippen LogP contribution in [0.3, 0.4) is 0 Å². The van der Waals surface area contributed by atoms with E-state index in [1.807, 2.05) is 0 Å². The highest BCUT2D eigenvalue weighted by atomic mass is 35.5. The highest BCUT2D eigenvalue weighted by Crippen LogP contribution is 2.16. The van der Waals surface area contributed by atoms with Gasteiger partial charge >= 0.3 is 0 Å². The lowest BCUT2D eigenvalue weighted by Gasteiger charge is -2.09. The largest absolute Gasteiger partial charge is 0.352 e. The van der Waals surface area contributed by atoms with Crippen molar-refractivity contribution in [2.75, 3.05) is 18.2 Å². The van der Waals surface area contributed by atoms with E-state index in [1.165, 1.54) is 12.1 Å². The Hall–Kier alpha value is -1.07. The van der Waals surface area contributed by atoms with E-state index in [1.54, 1.807) is 19.1 Å². The monoisotopic (exact) mass is 289 g/mol. The Morgan fingerprint density at radius 3 is 2.61 bits per heavy atom. The fraction of sp³-hybridized carbons (Fsp3) is 0.417. The van der Waals surface area contributed by atoms with Crippen molar-refractivity contribution < 1.29 is 13.2 Å². The van der Waals surface area contributed by atoms with Crippen LogP contribution in [0, 0.1) is 0 Å². The molecule has 0 aliphatic carbocycles. The normalized spacial score (nSPS) is 11.2. The van der Waals surface area contributed by atoms with E-state index in [2.05, 4.69) is 5.32 Å². The lowest BCUT2D eigenvalue weighted by Crippen LogP contribution is -2.26. The average Bonchev–Trinajstić information content (AvgIpc) is 2.39. The van der Waals surface area contributed by atoms with Crippen LogP contribution in [0.2, 0.25) is 0 Å². The molecule has 0 spiro atoms. The van der Waals surface area contributed by atoms with E-state index in [0.29, 0.717) is 18.8 Å². The van der Waals surface area contributed by atoms with Gasteiger partial charge in [0.05, 0.1) is 16.2 Å². The Kier molecular flexibility index (Phi) is 5.62. The van der Waals surface area contributed by atoms with Crippen molar-refractivity contribution >= 4 is 27.3 Å². The van der Waals surface area contributed by atoms with Crippen molar-refractivity contribution in [3.63, 3.8) is 0 Å². The molecule has 1 aromatic carbocycles. The fourth-order valence-corrected chi connectivity index (χ4v) is 2.67. The minimum atomic E-state index is -3.39. The van der Waals surface area contributed by atoms with E-state index in [9.17, 15) is 13.2 Å². The van der Waals surface area contributed by atoms with Gasteiger partial charge in [0.2, 0.25) is 0 Å². The molecular formula is C12H16ClNO3S. The Morgan fingerprint density at radius 2 is 2.00 bits per heavy atom. The molecule has 4 nitrogen and oxygen atoms in total. The van der Waals surface area contributed by atoms with Gasteiger partial charge in [-0.05, 0) is 18.6 Å². The molecule has 0 saturated carbocycles.